The smallest absolute Gasteiger partial charge is 0.253 e. The zero-order chi connectivity index (χ0) is 27.4. The summed E-state index contributed by atoms with van der Waals surface area (Å²) in [6, 6.07) is 25.4. The van der Waals surface area contributed by atoms with Gasteiger partial charge in [0.25, 0.3) is 5.91 Å². The van der Waals surface area contributed by atoms with Crippen LogP contribution >= 0.6 is 0 Å². The standard InChI is InChI=1S/C31H29N5O3/c1-20(2)26-15-14-25-29(34-26)32-19-33-30(25)35-27-17-22(31(38)36(3)18-21-7-5-4-6-8-21)9-16-28(27)39-24-12-10-23(37)11-13-24/h4-17,19-20,37H,18H2,1-3H3,(H,32,33,34,35). The summed E-state index contributed by atoms with van der Waals surface area (Å²) in [5.41, 5.74) is 3.61. The Kier molecular flexibility index (Phi) is 7.36. The number of ether oxygens (including phenoxy) is 1. The molecule has 0 unspecified atom stereocenters. The number of nitrogens with zero attached hydrogens (tertiary/aromatic N) is 4. The Bertz CT molecular complexity index is 1600. The van der Waals surface area contributed by atoms with Crippen molar-refractivity contribution in [2.24, 2.45) is 0 Å². The monoisotopic (exact) mass is 519 g/mol. The molecule has 8 heteroatoms. The van der Waals surface area contributed by atoms with Gasteiger partial charge in [0, 0.05) is 24.8 Å². The van der Waals surface area contributed by atoms with E-state index in [1.54, 1.807) is 54.4 Å². The van der Waals surface area contributed by atoms with E-state index in [0.717, 1.165) is 16.6 Å². The summed E-state index contributed by atoms with van der Waals surface area (Å²) < 4.78 is 6.13. The molecule has 5 rings (SSSR count). The van der Waals surface area contributed by atoms with Crippen molar-refractivity contribution in [2.45, 2.75) is 26.3 Å². The topological polar surface area (TPSA) is 100 Å². The lowest BCUT2D eigenvalue weighted by atomic mass is 10.1. The van der Waals surface area contributed by atoms with Crippen LogP contribution in [0.15, 0.2) is 91.3 Å². The second-order valence-electron chi connectivity index (χ2n) is 9.56. The zero-order valence-electron chi connectivity index (χ0n) is 22.0. The largest absolute Gasteiger partial charge is 0.508 e. The molecule has 39 heavy (non-hydrogen) atoms. The van der Waals surface area contributed by atoms with Crippen LogP contribution in [0.2, 0.25) is 0 Å². The molecule has 2 heterocycles. The molecule has 2 N–H and O–H groups in total. The summed E-state index contributed by atoms with van der Waals surface area (Å²) in [4.78, 5) is 28.5. The molecule has 0 fully saturated rings. The summed E-state index contributed by atoms with van der Waals surface area (Å²) in [5, 5.41) is 13.7. The average Bonchev–Trinajstić information content (AvgIpc) is 2.95. The van der Waals surface area contributed by atoms with E-state index >= 15 is 0 Å². The van der Waals surface area contributed by atoms with E-state index in [1.807, 2.05) is 42.5 Å². The molecule has 0 atom stereocenters. The van der Waals surface area contributed by atoms with Crippen molar-refractivity contribution >= 4 is 28.4 Å². The number of hydrogen-bond donors (Lipinski definition) is 2. The fourth-order valence-electron chi connectivity index (χ4n) is 4.15. The lowest BCUT2D eigenvalue weighted by Gasteiger charge is -2.19. The maximum absolute atomic E-state index is 13.4. The molecule has 0 spiro atoms. The quantitative estimate of drug-likeness (QED) is 0.236. The maximum Gasteiger partial charge on any atom is 0.253 e. The predicted octanol–water partition coefficient (Wildman–Crippen LogP) is 6.66. The minimum Gasteiger partial charge on any atom is -0.508 e. The van der Waals surface area contributed by atoms with Crippen molar-refractivity contribution < 1.29 is 14.6 Å². The first kappa shape index (κ1) is 25.7. The van der Waals surface area contributed by atoms with Crippen LogP contribution in [0.3, 0.4) is 0 Å². The number of aromatic nitrogens is 3. The predicted molar refractivity (Wildman–Crippen MR) is 152 cm³/mol. The van der Waals surface area contributed by atoms with E-state index in [4.69, 9.17) is 4.74 Å². The van der Waals surface area contributed by atoms with Crippen LogP contribution in [0.1, 0.15) is 41.4 Å². The number of aromatic hydroxyl groups is 1. The van der Waals surface area contributed by atoms with Crippen molar-refractivity contribution in [3.8, 4) is 17.2 Å². The number of phenolic OH excluding ortho intramolecular Hbond substituents is 1. The van der Waals surface area contributed by atoms with Crippen molar-refractivity contribution in [3.63, 3.8) is 0 Å². The number of amides is 1. The molecule has 0 radical (unpaired) electrons. The number of hydrogen-bond acceptors (Lipinski definition) is 7. The highest BCUT2D eigenvalue weighted by Crippen LogP contribution is 2.35. The van der Waals surface area contributed by atoms with Gasteiger partial charge < -0.3 is 20.1 Å². The summed E-state index contributed by atoms with van der Waals surface area (Å²) in [6.07, 6.45) is 1.46. The molecule has 0 bridgehead atoms. The number of anilines is 2. The molecule has 0 aliphatic carbocycles. The molecule has 196 valence electrons. The maximum atomic E-state index is 13.4. The minimum atomic E-state index is -0.131. The fourth-order valence-corrected chi connectivity index (χ4v) is 4.15. The van der Waals surface area contributed by atoms with Gasteiger partial charge in [0.1, 0.15) is 23.6 Å². The van der Waals surface area contributed by atoms with Crippen LogP contribution in [0.4, 0.5) is 11.5 Å². The number of nitrogens with one attached hydrogen (secondary N) is 1. The van der Waals surface area contributed by atoms with Gasteiger partial charge in [0.2, 0.25) is 0 Å². The van der Waals surface area contributed by atoms with E-state index in [0.29, 0.717) is 40.8 Å². The van der Waals surface area contributed by atoms with Gasteiger partial charge in [-0.25, -0.2) is 15.0 Å². The molecule has 8 nitrogen and oxygen atoms in total. The van der Waals surface area contributed by atoms with Gasteiger partial charge >= 0.3 is 0 Å². The molecule has 3 aromatic carbocycles. The molecule has 0 saturated heterocycles. The number of carbonyl (C=O) groups is 1. The van der Waals surface area contributed by atoms with E-state index < -0.39 is 0 Å². The third-order valence-corrected chi connectivity index (χ3v) is 6.26. The van der Waals surface area contributed by atoms with Crippen LogP contribution in [0.25, 0.3) is 11.0 Å². The highest BCUT2D eigenvalue weighted by molar-refractivity contribution is 5.96. The van der Waals surface area contributed by atoms with Crippen molar-refractivity contribution in [1.82, 2.24) is 19.9 Å². The third-order valence-electron chi connectivity index (χ3n) is 6.26. The Morgan fingerprint density at radius 1 is 0.974 bits per heavy atom. The first-order valence-electron chi connectivity index (χ1n) is 12.7. The second kappa shape index (κ2) is 11.2. The Hall–Kier alpha value is -4.98. The summed E-state index contributed by atoms with van der Waals surface area (Å²) in [5.74, 6) is 1.84. The lowest BCUT2D eigenvalue weighted by Crippen LogP contribution is -2.26. The van der Waals surface area contributed by atoms with Gasteiger partial charge in [0.15, 0.2) is 11.4 Å². The van der Waals surface area contributed by atoms with Crippen LogP contribution in [-0.4, -0.2) is 37.9 Å². The minimum absolute atomic E-state index is 0.131. The van der Waals surface area contributed by atoms with Crippen LogP contribution in [0, 0.1) is 0 Å². The highest BCUT2D eigenvalue weighted by atomic mass is 16.5. The molecular formula is C31H29N5O3. The Labute approximate surface area is 227 Å². The van der Waals surface area contributed by atoms with E-state index in [2.05, 4.69) is 34.1 Å². The Balaban J connectivity index is 1.50. The summed E-state index contributed by atoms with van der Waals surface area (Å²) in [6.45, 7) is 4.64. The van der Waals surface area contributed by atoms with Crippen molar-refractivity contribution in [1.29, 1.82) is 0 Å². The van der Waals surface area contributed by atoms with Gasteiger partial charge in [-0.2, -0.15) is 0 Å². The number of phenols is 1. The molecule has 0 aliphatic rings. The van der Waals surface area contributed by atoms with E-state index in [-0.39, 0.29) is 17.6 Å². The van der Waals surface area contributed by atoms with Crippen molar-refractivity contribution in [2.75, 3.05) is 12.4 Å². The molecule has 0 saturated carbocycles. The number of pyridine rings is 1. The molecule has 5 aromatic rings. The van der Waals surface area contributed by atoms with Gasteiger partial charge in [-0.05, 0) is 66.1 Å². The number of fused-ring (bicyclic) bond motifs is 1. The fraction of sp³-hybridized carbons (Fsp3) is 0.161. The Morgan fingerprint density at radius 2 is 1.74 bits per heavy atom. The van der Waals surface area contributed by atoms with Crippen LogP contribution < -0.4 is 10.1 Å². The van der Waals surface area contributed by atoms with Gasteiger partial charge in [-0.1, -0.05) is 44.2 Å². The lowest BCUT2D eigenvalue weighted by molar-refractivity contribution is 0.0785. The Morgan fingerprint density at radius 3 is 2.49 bits per heavy atom. The third kappa shape index (κ3) is 5.96. The highest BCUT2D eigenvalue weighted by Gasteiger charge is 2.17. The second-order valence-corrected chi connectivity index (χ2v) is 9.56. The molecule has 0 aliphatic heterocycles. The van der Waals surface area contributed by atoms with E-state index in [1.165, 1.54) is 6.33 Å². The zero-order valence-corrected chi connectivity index (χ0v) is 22.0. The first-order chi connectivity index (χ1) is 18.9. The number of rotatable bonds is 8. The van der Waals surface area contributed by atoms with Gasteiger partial charge in [-0.15, -0.1) is 0 Å². The van der Waals surface area contributed by atoms with Crippen LogP contribution in [-0.2, 0) is 6.54 Å². The van der Waals surface area contributed by atoms with Gasteiger partial charge in [0.05, 0.1) is 11.1 Å². The number of carbonyl (C=O) groups excluding carboxylic acids is 1. The van der Waals surface area contributed by atoms with Crippen molar-refractivity contribution in [3.05, 3.63) is 108 Å². The summed E-state index contributed by atoms with van der Waals surface area (Å²) in [7, 11) is 1.78. The normalized spacial score (nSPS) is 11.0. The SMILES string of the molecule is CC(C)c1ccc2c(Nc3cc(C(=O)N(C)Cc4ccccc4)ccc3Oc3ccc(O)cc3)ncnc2n1. The van der Waals surface area contributed by atoms with E-state index in [9.17, 15) is 9.90 Å². The summed E-state index contributed by atoms with van der Waals surface area (Å²) >= 11 is 0. The molecule has 2 aromatic heterocycles. The first-order valence-corrected chi connectivity index (χ1v) is 12.7. The molecular weight excluding hydrogens is 490 g/mol. The van der Waals surface area contributed by atoms with Gasteiger partial charge in [-0.3, -0.25) is 4.79 Å². The van der Waals surface area contributed by atoms with Crippen LogP contribution in [0.5, 0.6) is 17.2 Å². The molecule has 1 amide bonds. The average molecular weight is 520 g/mol. The number of benzene rings is 3.